The van der Waals surface area contributed by atoms with Gasteiger partial charge in [0, 0.05) is 12.2 Å². The molecule has 0 spiro atoms. The number of hydrogen-bond acceptors (Lipinski definition) is 3. The van der Waals surface area contributed by atoms with Gasteiger partial charge in [-0.05, 0) is 36.5 Å². The first kappa shape index (κ1) is 10.6. The van der Waals surface area contributed by atoms with E-state index in [4.69, 9.17) is 4.74 Å². The SMILES string of the molecule is O=C(OCCC1CC1)c1ccc2c(c1)NCC2. The summed E-state index contributed by atoms with van der Waals surface area (Å²) in [6.07, 6.45) is 4.68. The maximum absolute atomic E-state index is 11.8. The number of hydrogen-bond donors (Lipinski definition) is 1. The van der Waals surface area contributed by atoms with E-state index in [0.717, 1.165) is 31.0 Å². The standard InChI is InChI=1S/C14H17NO2/c16-14(17-8-6-10-1-2-10)12-4-3-11-5-7-15-13(11)9-12/h3-4,9-10,15H,1-2,5-8H2. The Morgan fingerprint density at radius 2 is 2.29 bits per heavy atom. The molecule has 3 rings (SSSR count). The van der Waals surface area contributed by atoms with Crippen LogP contribution in [0.4, 0.5) is 5.69 Å². The predicted molar refractivity (Wildman–Crippen MR) is 66.3 cm³/mol. The number of rotatable bonds is 4. The largest absolute Gasteiger partial charge is 0.462 e. The molecule has 0 bridgehead atoms. The number of nitrogens with one attached hydrogen (secondary N) is 1. The minimum Gasteiger partial charge on any atom is -0.462 e. The van der Waals surface area contributed by atoms with Crippen molar-refractivity contribution in [3.8, 4) is 0 Å². The normalized spacial score (nSPS) is 17.4. The van der Waals surface area contributed by atoms with Gasteiger partial charge in [-0.25, -0.2) is 4.79 Å². The van der Waals surface area contributed by atoms with Crippen molar-refractivity contribution in [3.63, 3.8) is 0 Å². The Morgan fingerprint density at radius 3 is 3.12 bits per heavy atom. The highest BCUT2D eigenvalue weighted by Crippen LogP contribution is 2.32. The van der Waals surface area contributed by atoms with Crippen molar-refractivity contribution < 1.29 is 9.53 Å². The van der Waals surface area contributed by atoms with Crippen LogP contribution in [0.2, 0.25) is 0 Å². The number of fused-ring (bicyclic) bond motifs is 1. The Labute approximate surface area is 101 Å². The average molecular weight is 231 g/mol. The Morgan fingerprint density at radius 1 is 1.41 bits per heavy atom. The van der Waals surface area contributed by atoms with Gasteiger partial charge in [0.15, 0.2) is 0 Å². The van der Waals surface area contributed by atoms with Crippen LogP contribution in [-0.4, -0.2) is 19.1 Å². The molecule has 3 heteroatoms. The van der Waals surface area contributed by atoms with Crippen LogP contribution in [0, 0.1) is 5.92 Å². The van der Waals surface area contributed by atoms with Crippen molar-refractivity contribution in [2.45, 2.75) is 25.7 Å². The van der Waals surface area contributed by atoms with Gasteiger partial charge < -0.3 is 10.1 Å². The smallest absolute Gasteiger partial charge is 0.338 e. The first-order valence-electron chi connectivity index (χ1n) is 6.37. The van der Waals surface area contributed by atoms with E-state index in [1.54, 1.807) is 0 Å². The highest BCUT2D eigenvalue weighted by molar-refractivity contribution is 5.91. The van der Waals surface area contributed by atoms with E-state index in [9.17, 15) is 4.79 Å². The average Bonchev–Trinajstić information content (AvgIpc) is 3.04. The minimum atomic E-state index is -0.192. The molecule has 1 aliphatic heterocycles. The molecule has 1 aromatic rings. The van der Waals surface area contributed by atoms with Crippen LogP contribution in [0.25, 0.3) is 0 Å². The third-order valence-corrected chi connectivity index (χ3v) is 3.51. The molecule has 0 atom stereocenters. The first-order valence-corrected chi connectivity index (χ1v) is 6.37. The highest BCUT2D eigenvalue weighted by atomic mass is 16.5. The maximum atomic E-state index is 11.8. The molecular weight excluding hydrogens is 214 g/mol. The minimum absolute atomic E-state index is 0.192. The van der Waals surface area contributed by atoms with Crippen LogP contribution in [0.1, 0.15) is 35.2 Å². The van der Waals surface area contributed by atoms with Crippen molar-refractivity contribution >= 4 is 11.7 Å². The molecule has 0 aromatic heterocycles. The zero-order valence-electron chi connectivity index (χ0n) is 9.87. The predicted octanol–water partition coefficient (Wildman–Crippen LogP) is 2.61. The molecule has 2 aliphatic rings. The lowest BCUT2D eigenvalue weighted by atomic mass is 10.1. The summed E-state index contributed by atoms with van der Waals surface area (Å²) in [5, 5.41) is 3.27. The lowest BCUT2D eigenvalue weighted by molar-refractivity contribution is 0.0495. The Bertz CT molecular complexity index is 438. The molecule has 0 unspecified atom stereocenters. The van der Waals surface area contributed by atoms with Crippen molar-refractivity contribution in [1.29, 1.82) is 0 Å². The van der Waals surface area contributed by atoms with E-state index in [0.29, 0.717) is 12.2 Å². The molecule has 1 heterocycles. The summed E-state index contributed by atoms with van der Waals surface area (Å²) in [6, 6.07) is 5.79. The van der Waals surface area contributed by atoms with Gasteiger partial charge in [-0.2, -0.15) is 0 Å². The number of benzene rings is 1. The quantitative estimate of drug-likeness (QED) is 0.809. The first-order chi connectivity index (χ1) is 8.33. The van der Waals surface area contributed by atoms with Crippen LogP contribution >= 0.6 is 0 Å². The van der Waals surface area contributed by atoms with Gasteiger partial charge in [-0.3, -0.25) is 0 Å². The van der Waals surface area contributed by atoms with E-state index < -0.39 is 0 Å². The molecule has 1 saturated carbocycles. The Balaban J connectivity index is 1.60. The third kappa shape index (κ3) is 2.43. The van der Waals surface area contributed by atoms with E-state index in [1.165, 1.54) is 18.4 Å². The molecule has 17 heavy (non-hydrogen) atoms. The zero-order valence-corrected chi connectivity index (χ0v) is 9.87. The summed E-state index contributed by atoms with van der Waals surface area (Å²) < 4.78 is 5.27. The van der Waals surface area contributed by atoms with Gasteiger partial charge in [0.2, 0.25) is 0 Å². The molecule has 1 aromatic carbocycles. The number of anilines is 1. The van der Waals surface area contributed by atoms with Crippen LogP contribution < -0.4 is 5.32 Å². The fourth-order valence-corrected chi connectivity index (χ4v) is 2.23. The van der Waals surface area contributed by atoms with Crippen molar-refractivity contribution in [1.82, 2.24) is 0 Å². The third-order valence-electron chi connectivity index (χ3n) is 3.51. The van der Waals surface area contributed by atoms with E-state index in [2.05, 4.69) is 5.32 Å². The molecule has 0 radical (unpaired) electrons. The molecule has 1 N–H and O–H groups in total. The van der Waals surface area contributed by atoms with Crippen LogP contribution in [0.15, 0.2) is 18.2 Å². The lowest BCUT2D eigenvalue weighted by Crippen LogP contribution is -2.07. The molecule has 90 valence electrons. The number of ether oxygens (including phenoxy) is 1. The van der Waals surface area contributed by atoms with Crippen molar-refractivity contribution in [3.05, 3.63) is 29.3 Å². The van der Waals surface area contributed by atoms with Gasteiger partial charge >= 0.3 is 5.97 Å². The molecular formula is C14H17NO2. The van der Waals surface area contributed by atoms with Gasteiger partial charge in [-0.1, -0.05) is 18.9 Å². The summed E-state index contributed by atoms with van der Waals surface area (Å²) in [4.78, 5) is 11.8. The van der Waals surface area contributed by atoms with Crippen LogP contribution in [0.5, 0.6) is 0 Å². The van der Waals surface area contributed by atoms with Gasteiger partial charge in [0.25, 0.3) is 0 Å². The molecule has 0 saturated heterocycles. The molecule has 1 aliphatic carbocycles. The lowest BCUT2D eigenvalue weighted by Gasteiger charge is -2.06. The zero-order chi connectivity index (χ0) is 11.7. The summed E-state index contributed by atoms with van der Waals surface area (Å²) in [5.74, 6) is 0.617. The van der Waals surface area contributed by atoms with Gasteiger partial charge in [0.1, 0.15) is 0 Å². The van der Waals surface area contributed by atoms with Crippen LogP contribution in [0.3, 0.4) is 0 Å². The second kappa shape index (κ2) is 4.40. The van der Waals surface area contributed by atoms with Crippen LogP contribution in [-0.2, 0) is 11.2 Å². The second-order valence-electron chi connectivity index (χ2n) is 4.92. The van der Waals surface area contributed by atoms with Gasteiger partial charge in [0.05, 0.1) is 12.2 Å². The van der Waals surface area contributed by atoms with E-state index >= 15 is 0 Å². The second-order valence-corrected chi connectivity index (χ2v) is 4.92. The fourth-order valence-electron chi connectivity index (χ4n) is 2.23. The van der Waals surface area contributed by atoms with E-state index in [-0.39, 0.29) is 5.97 Å². The van der Waals surface area contributed by atoms with E-state index in [1.807, 2.05) is 18.2 Å². The summed E-state index contributed by atoms with van der Waals surface area (Å²) in [5.41, 5.74) is 3.04. The Kier molecular flexibility index (Phi) is 2.75. The number of carbonyl (C=O) groups excluding carboxylic acids is 1. The highest BCUT2D eigenvalue weighted by Gasteiger charge is 2.21. The monoisotopic (exact) mass is 231 g/mol. The number of esters is 1. The maximum Gasteiger partial charge on any atom is 0.338 e. The number of carbonyl (C=O) groups is 1. The topological polar surface area (TPSA) is 38.3 Å². The van der Waals surface area contributed by atoms with Gasteiger partial charge in [-0.15, -0.1) is 0 Å². The molecule has 0 amide bonds. The summed E-state index contributed by atoms with van der Waals surface area (Å²) >= 11 is 0. The molecule has 3 nitrogen and oxygen atoms in total. The fraction of sp³-hybridized carbons (Fsp3) is 0.500. The molecule has 1 fully saturated rings. The van der Waals surface area contributed by atoms with Crippen molar-refractivity contribution in [2.24, 2.45) is 5.92 Å². The summed E-state index contributed by atoms with van der Waals surface area (Å²) in [7, 11) is 0. The Hall–Kier alpha value is -1.51. The van der Waals surface area contributed by atoms with Crippen molar-refractivity contribution in [2.75, 3.05) is 18.5 Å². The summed E-state index contributed by atoms with van der Waals surface area (Å²) in [6.45, 7) is 1.53.